The lowest BCUT2D eigenvalue weighted by atomic mass is 10.1. The molecule has 0 saturated carbocycles. The molecule has 3 nitrogen and oxygen atoms in total. The molecular formula is C16H17FN2O. The van der Waals surface area contributed by atoms with Crippen molar-refractivity contribution in [2.75, 3.05) is 5.73 Å². The first kappa shape index (κ1) is 14.1. The highest BCUT2D eigenvalue weighted by Crippen LogP contribution is 2.13. The molecule has 104 valence electrons. The first-order valence-corrected chi connectivity index (χ1v) is 6.51. The van der Waals surface area contributed by atoms with Crippen LogP contribution in [-0.4, -0.2) is 5.91 Å². The van der Waals surface area contributed by atoms with Crippen LogP contribution in [0.15, 0.2) is 42.5 Å². The summed E-state index contributed by atoms with van der Waals surface area (Å²) in [5, 5.41) is 2.74. The van der Waals surface area contributed by atoms with Gasteiger partial charge in [-0.25, -0.2) is 4.39 Å². The molecular weight excluding hydrogens is 255 g/mol. The number of carbonyl (C=O) groups is 1. The summed E-state index contributed by atoms with van der Waals surface area (Å²) in [7, 11) is 0. The number of halogens is 1. The Labute approximate surface area is 117 Å². The summed E-state index contributed by atoms with van der Waals surface area (Å²) in [5.41, 5.74) is 8.34. The van der Waals surface area contributed by atoms with E-state index in [1.165, 1.54) is 17.7 Å². The van der Waals surface area contributed by atoms with Gasteiger partial charge in [0.25, 0.3) is 5.91 Å². The number of anilines is 1. The molecule has 0 unspecified atom stereocenters. The fourth-order valence-corrected chi connectivity index (χ4v) is 1.90. The number of amides is 1. The Bertz CT molecular complexity index is 608. The summed E-state index contributed by atoms with van der Waals surface area (Å²) < 4.78 is 13.1. The third kappa shape index (κ3) is 3.35. The lowest BCUT2D eigenvalue weighted by Crippen LogP contribution is -2.24. The van der Waals surface area contributed by atoms with Crippen molar-refractivity contribution in [3.05, 3.63) is 65.0 Å². The second kappa shape index (κ2) is 6.19. The van der Waals surface area contributed by atoms with Gasteiger partial charge in [-0.2, -0.15) is 0 Å². The van der Waals surface area contributed by atoms with E-state index in [-0.39, 0.29) is 17.2 Å². The minimum atomic E-state index is -0.475. The molecule has 0 aliphatic carbocycles. The highest BCUT2D eigenvalue weighted by Gasteiger charge is 2.10. The molecule has 2 aromatic rings. The number of hydrogen-bond acceptors (Lipinski definition) is 2. The van der Waals surface area contributed by atoms with Gasteiger partial charge in [-0.05, 0) is 35.7 Å². The summed E-state index contributed by atoms with van der Waals surface area (Å²) >= 11 is 0. The van der Waals surface area contributed by atoms with Crippen LogP contribution in [0.4, 0.5) is 10.1 Å². The van der Waals surface area contributed by atoms with Crippen LogP contribution >= 0.6 is 0 Å². The first-order chi connectivity index (χ1) is 9.60. The third-order valence-electron chi connectivity index (χ3n) is 3.14. The van der Waals surface area contributed by atoms with Gasteiger partial charge in [0.1, 0.15) is 5.82 Å². The standard InChI is InChI=1S/C16H17FN2O/c1-2-11-3-5-12(6-4-11)10-19-16(20)14-9-13(17)7-8-15(14)18/h3-9H,2,10,18H2,1H3,(H,19,20). The molecule has 0 fully saturated rings. The van der Waals surface area contributed by atoms with Crippen molar-refractivity contribution in [2.45, 2.75) is 19.9 Å². The lowest BCUT2D eigenvalue weighted by Gasteiger charge is -2.08. The third-order valence-corrected chi connectivity index (χ3v) is 3.14. The van der Waals surface area contributed by atoms with Gasteiger partial charge < -0.3 is 11.1 Å². The smallest absolute Gasteiger partial charge is 0.253 e. The molecule has 2 rings (SSSR count). The zero-order valence-electron chi connectivity index (χ0n) is 11.3. The minimum absolute atomic E-state index is 0.162. The van der Waals surface area contributed by atoms with Crippen LogP contribution in [0.5, 0.6) is 0 Å². The molecule has 0 aliphatic heterocycles. The monoisotopic (exact) mass is 272 g/mol. The molecule has 0 radical (unpaired) electrons. The Kier molecular flexibility index (Phi) is 4.35. The average Bonchev–Trinajstić information content (AvgIpc) is 2.47. The van der Waals surface area contributed by atoms with Gasteiger partial charge in [0.05, 0.1) is 5.56 Å². The maximum Gasteiger partial charge on any atom is 0.253 e. The number of nitrogens with one attached hydrogen (secondary N) is 1. The lowest BCUT2D eigenvalue weighted by molar-refractivity contribution is 0.0951. The molecule has 4 heteroatoms. The van der Waals surface area contributed by atoms with Crippen molar-refractivity contribution in [3.63, 3.8) is 0 Å². The van der Waals surface area contributed by atoms with E-state index >= 15 is 0 Å². The van der Waals surface area contributed by atoms with E-state index in [2.05, 4.69) is 12.2 Å². The minimum Gasteiger partial charge on any atom is -0.398 e. The largest absolute Gasteiger partial charge is 0.398 e. The van der Waals surface area contributed by atoms with Gasteiger partial charge in [0.15, 0.2) is 0 Å². The van der Waals surface area contributed by atoms with E-state index in [4.69, 9.17) is 5.73 Å². The second-order valence-corrected chi connectivity index (χ2v) is 4.58. The number of aryl methyl sites for hydroxylation is 1. The SMILES string of the molecule is CCc1ccc(CNC(=O)c2cc(F)ccc2N)cc1. The van der Waals surface area contributed by atoms with Crippen LogP contribution in [0, 0.1) is 5.82 Å². The molecule has 3 N–H and O–H groups in total. The van der Waals surface area contributed by atoms with Crippen LogP contribution in [0.3, 0.4) is 0 Å². The van der Waals surface area contributed by atoms with Gasteiger partial charge in [0, 0.05) is 12.2 Å². The molecule has 2 aromatic carbocycles. The molecule has 0 spiro atoms. The summed E-state index contributed by atoms with van der Waals surface area (Å²) in [4.78, 5) is 12.0. The number of benzene rings is 2. The molecule has 20 heavy (non-hydrogen) atoms. The zero-order chi connectivity index (χ0) is 14.5. The van der Waals surface area contributed by atoms with Crippen molar-refractivity contribution in [3.8, 4) is 0 Å². The van der Waals surface area contributed by atoms with Crippen LogP contribution in [0.1, 0.15) is 28.4 Å². The average molecular weight is 272 g/mol. The molecule has 0 heterocycles. The molecule has 0 aromatic heterocycles. The number of hydrogen-bond donors (Lipinski definition) is 2. The predicted molar refractivity (Wildman–Crippen MR) is 77.8 cm³/mol. The summed E-state index contributed by atoms with van der Waals surface area (Å²) in [6, 6.07) is 11.7. The van der Waals surface area contributed by atoms with E-state index in [9.17, 15) is 9.18 Å². The van der Waals surface area contributed by atoms with E-state index in [0.29, 0.717) is 6.54 Å². The fraction of sp³-hybridized carbons (Fsp3) is 0.188. The van der Waals surface area contributed by atoms with Gasteiger partial charge in [-0.3, -0.25) is 4.79 Å². The molecule has 0 bridgehead atoms. The topological polar surface area (TPSA) is 55.1 Å². The molecule has 1 amide bonds. The number of carbonyl (C=O) groups excluding carboxylic acids is 1. The molecule has 0 aliphatic rings. The Morgan fingerprint density at radius 2 is 1.80 bits per heavy atom. The normalized spacial score (nSPS) is 10.3. The highest BCUT2D eigenvalue weighted by atomic mass is 19.1. The highest BCUT2D eigenvalue weighted by molar-refractivity contribution is 5.99. The summed E-state index contributed by atoms with van der Waals surface area (Å²) in [6.07, 6.45) is 0.979. The van der Waals surface area contributed by atoms with Gasteiger partial charge in [-0.15, -0.1) is 0 Å². The van der Waals surface area contributed by atoms with Gasteiger partial charge in [0.2, 0.25) is 0 Å². The molecule has 0 atom stereocenters. The Morgan fingerprint density at radius 3 is 2.45 bits per heavy atom. The van der Waals surface area contributed by atoms with Crippen LogP contribution in [0.2, 0.25) is 0 Å². The summed E-state index contributed by atoms with van der Waals surface area (Å²) in [5.74, 6) is -0.849. The van der Waals surface area contributed by atoms with E-state index in [1.54, 1.807) is 0 Å². The van der Waals surface area contributed by atoms with Crippen LogP contribution < -0.4 is 11.1 Å². The predicted octanol–water partition coefficient (Wildman–Crippen LogP) is 2.90. The van der Waals surface area contributed by atoms with Crippen LogP contribution in [-0.2, 0) is 13.0 Å². The maximum absolute atomic E-state index is 13.1. The van der Waals surface area contributed by atoms with Crippen molar-refractivity contribution >= 4 is 11.6 Å². The Hall–Kier alpha value is -2.36. The Morgan fingerprint density at radius 1 is 1.15 bits per heavy atom. The van der Waals surface area contributed by atoms with Crippen molar-refractivity contribution < 1.29 is 9.18 Å². The maximum atomic E-state index is 13.1. The zero-order valence-corrected chi connectivity index (χ0v) is 11.3. The van der Waals surface area contributed by atoms with Crippen molar-refractivity contribution in [1.29, 1.82) is 0 Å². The Balaban J connectivity index is 2.02. The fourth-order valence-electron chi connectivity index (χ4n) is 1.90. The second-order valence-electron chi connectivity index (χ2n) is 4.58. The summed E-state index contributed by atoms with van der Waals surface area (Å²) in [6.45, 7) is 2.47. The number of rotatable bonds is 4. The molecule has 0 saturated heterocycles. The van der Waals surface area contributed by atoms with E-state index in [0.717, 1.165) is 18.1 Å². The first-order valence-electron chi connectivity index (χ1n) is 6.51. The van der Waals surface area contributed by atoms with Gasteiger partial charge in [-0.1, -0.05) is 31.2 Å². The van der Waals surface area contributed by atoms with E-state index in [1.807, 2.05) is 24.3 Å². The van der Waals surface area contributed by atoms with E-state index < -0.39 is 5.82 Å². The van der Waals surface area contributed by atoms with Crippen molar-refractivity contribution in [1.82, 2.24) is 5.32 Å². The number of nitrogens with two attached hydrogens (primary N) is 1. The number of nitrogen functional groups attached to an aromatic ring is 1. The quantitative estimate of drug-likeness (QED) is 0.841. The van der Waals surface area contributed by atoms with Gasteiger partial charge >= 0.3 is 0 Å². The van der Waals surface area contributed by atoms with Crippen molar-refractivity contribution in [2.24, 2.45) is 0 Å². The van der Waals surface area contributed by atoms with Crippen LogP contribution in [0.25, 0.3) is 0 Å².